The van der Waals surface area contributed by atoms with E-state index < -0.39 is 6.10 Å². The molecule has 132 valence electrons. The van der Waals surface area contributed by atoms with Crippen LogP contribution >= 0.6 is 0 Å². The number of aliphatic hydroxyl groups excluding tert-OH is 1. The van der Waals surface area contributed by atoms with Crippen LogP contribution in [0.25, 0.3) is 11.1 Å². The second-order valence-electron chi connectivity index (χ2n) is 6.19. The Morgan fingerprint density at radius 3 is 2.72 bits per heavy atom. The second-order valence-corrected chi connectivity index (χ2v) is 6.19. The highest BCUT2D eigenvalue weighted by Crippen LogP contribution is 2.36. The number of carbonyl (C=O) groups excluding carboxylic acids is 1. The van der Waals surface area contributed by atoms with Gasteiger partial charge in [0.1, 0.15) is 18.1 Å². The lowest BCUT2D eigenvalue weighted by Gasteiger charge is -2.24. The molecule has 0 saturated carbocycles. The number of hydrogen-bond donors (Lipinski definition) is 1. The first-order valence-electron chi connectivity index (χ1n) is 8.23. The van der Waals surface area contributed by atoms with E-state index in [1.165, 1.54) is 7.11 Å². The van der Waals surface area contributed by atoms with Gasteiger partial charge >= 0.3 is 5.97 Å². The van der Waals surface area contributed by atoms with Crippen molar-refractivity contribution in [2.75, 3.05) is 20.8 Å². The van der Waals surface area contributed by atoms with Gasteiger partial charge in [-0.1, -0.05) is 12.1 Å². The molecule has 3 rings (SSSR count). The number of fused-ring (bicyclic) bond motifs is 1. The Morgan fingerprint density at radius 1 is 1.24 bits per heavy atom. The molecule has 0 spiro atoms. The molecule has 0 bridgehead atoms. The van der Waals surface area contributed by atoms with Crippen LogP contribution < -0.4 is 9.47 Å². The normalized spacial score (nSPS) is 17.2. The minimum atomic E-state index is -0.601. The Morgan fingerprint density at radius 2 is 2.04 bits per heavy atom. The Bertz CT molecular complexity index is 782. The number of carbonyl (C=O) groups is 1. The zero-order chi connectivity index (χ0) is 18.0. The molecule has 25 heavy (non-hydrogen) atoms. The number of esters is 1. The number of benzene rings is 2. The van der Waals surface area contributed by atoms with Crippen molar-refractivity contribution in [3.8, 4) is 22.6 Å². The third kappa shape index (κ3) is 3.46. The van der Waals surface area contributed by atoms with Crippen LogP contribution in [-0.2, 0) is 16.0 Å². The summed E-state index contributed by atoms with van der Waals surface area (Å²) >= 11 is 0. The van der Waals surface area contributed by atoms with Crippen LogP contribution in [0.1, 0.15) is 24.2 Å². The quantitative estimate of drug-likeness (QED) is 0.865. The van der Waals surface area contributed by atoms with E-state index in [9.17, 15) is 9.90 Å². The molecular formula is C20H22O5. The monoisotopic (exact) mass is 342 g/mol. The van der Waals surface area contributed by atoms with Crippen molar-refractivity contribution in [1.82, 2.24) is 0 Å². The molecule has 0 saturated heterocycles. The average Bonchev–Trinajstić information content (AvgIpc) is 2.65. The molecule has 2 atom stereocenters. The van der Waals surface area contributed by atoms with Crippen molar-refractivity contribution >= 4 is 5.97 Å². The Kier molecular flexibility index (Phi) is 4.95. The summed E-state index contributed by atoms with van der Waals surface area (Å²) in [7, 11) is 3.00. The van der Waals surface area contributed by atoms with Gasteiger partial charge in [0.2, 0.25) is 0 Å². The van der Waals surface area contributed by atoms with Crippen molar-refractivity contribution in [2.45, 2.75) is 19.4 Å². The summed E-state index contributed by atoms with van der Waals surface area (Å²) in [6.07, 6.45) is -0.0277. The van der Waals surface area contributed by atoms with Gasteiger partial charge in [-0.05, 0) is 59.9 Å². The minimum Gasteiger partial charge on any atom is -0.497 e. The lowest BCUT2D eigenvalue weighted by Crippen LogP contribution is -2.29. The first-order chi connectivity index (χ1) is 12.0. The van der Waals surface area contributed by atoms with Crippen LogP contribution in [0.5, 0.6) is 11.5 Å². The van der Waals surface area contributed by atoms with E-state index in [1.807, 2.05) is 36.4 Å². The summed E-state index contributed by atoms with van der Waals surface area (Å²) in [5.41, 5.74) is 3.63. The van der Waals surface area contributed by atoms with Crippen LogP contribution in [-0.4, -0.2) is 31.9 Å². The van der Waals surface area contributed by atoms with Crippen LogP contribution in [0, 0.1) is 5.92 Å². The van der Waals surface area contributed by atoms with Crippen LogP contribution in [0.3, 0.4) is 0 Å². The van der Waals surface area contributed by atoms with E-state index in [1.54, 1.807) is 14.0 Å². The van der Waals surface area contributed by atoms with Crippen molar-refractivity contribution in [3.63, 3.8) is 0 Å². The molecule has 1 aliphatic rings. The molecule has 1 N–H and O–H groups in total. The molecule has 2 aromatic rings. The molecule has 2 unspecified atom stereocenters. The van der Waals surface area contributed by atoms with Gasteiger partial charge in [0, 0.05) is 0 Å². The largest absolute Gasteiger partial charge is 0.497 e. The number of ether oxygens (including phenoxy) is 3. The van der Waals surface area contributed by atoms with E-state index in [0.29, 0.717) is 13.0 Å². The number of hydrogen-bond acceptors (Lipinski definition) is 5. The summed E-state index contributed by atoms with van der Waals surface area (Å²) in [5, 5.41) is 10.1. The highest BCUT2D eigenvalue weighted by Gasteiger charge is 2.27. The Hall–Kier alpha value is -2.53. The molecule has 1 aliphatic heterocycles. The van der Waals surface area contributed by atoms with E-state index in [-0.39, 0.29) is 11.9 Å². The molecule has 0 aromatic heterocycles. The van der Waals surface area contributed by atoms with Crippen LogP contribution in [0.2, 0.25) is 0 Å². The van der Waals surface area contributed by atoms with Gasteiger partial charge in [-0.3, -0.25) is 4.79 Å². The lowest BCUT2D eigenvalue weighted by molar-refractivity contribution is -0.146. The van der Waals surface area contributed by atoms with Gasteiger partial charge in [0.25, 0.3) is 0 Å². The average molecular weight is 342 g/mol. The first-order valence-corrected chi connectivity index (χ1v) is 8.23. The van der Waals surface area contributed by atoms with Gasteiger partial charge in [0.05, 0.1) is 26.2 Å². The van der Waals surface area contributed by atoms with Gasteiger partial charge < -0.3 is 19.3 Å². The van der Waals surface area contributed by atoms with Crippen molar-refractivity contribution in [2.24, 2.45) is 5.92 Å². The zero-order valence-electron chi connectivity index (χ0n) is 14.6. The number of rotatable bonds is 4. The topological polar surface area (TPSA) is 65.0 Å². The third-order valence-electron chi connectivity index (χ3n) is 4.52. The van der Waals surface area contributed by atoms with Crippen molar-refractivity contribution in [1.29, 1.82) is 0 Å². The highest BCUT2D eigenvalue weighted by atomic mass is 16.5. The summed E-state index contributed by atoms with van der Waals surface area (Å²) in [4.78, 5) is 11.8. The maximum atomic E-state index is 11.8. The smallest absolute Gasteiger partial charge is 0.312 e. The Labute approximate surface area is 147 Å². The third-order valence-corrected chi connectivity index (χ3v) is 4.52. The minimum absolute atomic E-state index is 0.262. The van der Waals surface area contributed by atoms with Gasteiger partial charge in [-0.2, -0.15) is 0 Å². The van der Waals surface area contributed by atoms with E-state index in [4.69, 9.17) is 14.2 Å². The van der Waals surface area contributed by atoms with Crippen molar-refractivity contribution in [3.05, 3.63) is 47.5 Å². The number of methoxy groups -OCH3 is 2. The van der Waals surface area contributed by atoms with Gasteiger partial charge in [-0.15, -0.1) is 0 Å². The fraction of sp³-hybridized carbons (Fsp3) is 0.350. The molecule has 1 heterocycles. The zero-order valence-corrected chi connectivity index (χ0v) is 14.6. The molecule has 5 nitrogen and oxygen atoms in total. The fourth-order valence-corrected chi connectivity index (χ4v) is 3.16. The molecule has 0 amide bonds. The molecule has 0 fully saturated rings. The second kappa shape index (κ2) is 7.15. The van der Waals surface area contributed by atoms with Crippen molar-refractivity contribution < 1.29 is 24.1 Å². The fourth-order valence-electron chi connectivity index (χ4n) is 3.16. The van der Waals surface area contributed by atoms with Gasteiger partial charge in [0.15, 0.2) is 0 Å². The van der Waals surface area contributed by atoms with Crippen LogP contribution in [0.15, 0.2) is 36.4 Å². The molecule has 0 radical (unpaired) electrons. The predicted octanol–water partition coefficient (Wildman–Crippen LogP) is 3.14. The standard InChI is InChI=1S/C20H22O5/c1-12(21)17-6-5-16(23-2)10-18(17)13-4-7-19-14(8-13)9-15(11-25-19)20(22)24-3/h4-8,10,12,15,21H,9,11H2,1-3H3. The maximum Gasteiger partial charge on any atom is 0.312 e. The number of aliphatic hydroxyl groups is 1. The summed E-state index contributed by atoms with van der Waals surface area (Å²) < 4.78 is 15.8. The van der Waals surface area contributed by atoms with E-state index in [0.717, 1.165) is 33.8 Å². The summed E-state index contributed by atoms with van der Waals surface area (Å²) in [5.74, 6) is 0.947. The van der Waals surface area contributed by atoms with Gasteiger partial charge in [-0.25, -0.2) is 0 Å². The molecule has 0 aliphatic carbocycles. The highest BCUT2D eigenvalue weighted by molar-refractivity contribution is 5.75. The Balaban J connectivity index is 2.01. The van der Waals surface area contributed by atoms with E-state index in [2.05, 4.69) is 0 Å². The maximum absolute atomic E-state index is 11.8. The molecular weight excluding hydrogens is 320 g/mol. The molecule has 5 heteroatoms. The summed E-state index contributed by atoms with van der Waals surface area (Å²) in [6, 6.07) is 11.5. The molecule has 2 aromatic carbocycles. The summed E-state index contributed by atoms with van der Waals surface area (Å²) in [6.45, 7) is 2.07. The predicted molar refractivity (Wildman–Crippen MR) is 93.8 cm³/mol. The van der Waals surface area contributed by atoms with Crippen LogP contribution in [0.4, 0.5) is 0 Å². The first kappa shape index (κ1) is 17.3. The van der Waals surface area contributed by atoms with E-state index >= 15 is 0 Å². The SMILES string of the molecule is COC(=O)C1COc2ccc(-c3cc(OC)ccc3C(C)O)cc2C1. The lowest BCUT2D eigenvalue weighted by atomic mass is 9.91.